The van der Waals surface area contributed by atoms with Crippen LogP contribution in [0.1, 0.15) is 22.0 Å². The van der Waals surface area contributed by atoms with Gasteiger partial charge in [-0.15, -0.1) is 0 Å². The summed E-state index contributed by atoms with van der Waals surface area (Å²) in [7, 11) is 0. The van der Waals surface area contributed by atoms with E-state index in [1.807, 2.05) is 35.2 Å². The Labute approximate surface area is 152 Å². The molecule has 2 aromatic carbocycles. The van der Waals surface area contributed by atoms with Crippen LogP contribution in [0.5, 0.6) is 0 Å². The molecule has 2 aromatic rings. The molecule has 5 nitrogen and oxygen atoms in total. The van der Waals surface area contributed by atoms with Gasteiger partial charge in [-0.3, -0.25) is 14.5 Å². The number of hydrogen-bond donors (Lipinski definition) is 1. The highest BCUT2D eigenvalue weighted by molar-refractivity contribution is 6.30. The van der Waals surface area contributed by atoms with Crippen molar-refractivity contribution >= 4 is 23.4 Å². The zero-order valence-corrected chi connectivity index (χ0v) is 14.5. The van der Waals surface area contributed by atoms with Gasteiger partial charge in [0, 0.05) is 36.8 Å². The lowest BCUT2D eigenvalue weighted by Crippen LogP contribution is -2.51. The minimum atomic E-state index is -0.468. The van der Waals surface area contributed by atoms with Crippen LogP contribution < -0.4 is 5.73 Å². The molecule has 0 saturated carbocycles. The Hall–Kier alpha value is -2.37. The van der Waals surface area contributed by atoms with Gasteiger partial charge in [0.15, 0.2) is 0 Å². The predicted molar refractivity (Wildman–Crippen MR) is 97.3 cm³/mol. The summed E-state index contributed by atoms with van der Waals surface area (Å²) in [4.78, 5) is 28.4. The van der Waals surface area contributed by atoms with Gasteiger partial charge in [-0.05, 0) is 23.8 Å². The van der Waals surface area contributed by atoms with Gasteiger partial charge in [-0.25, -0.2) is 0 Å². The number of rotatable bonds is 4. The number of halogens is 1. The maximum atomic E-state index is 12.6. The van der Waals surface area contributed by atoms with Gasteiger partial charge in [0.2, 0.25) is 5.91 Å². The molecule has 1 heterocycles. The Morgan fingerprint density at radius 1 is 0.960 bits per heavy atom. The molecule has 1 aliphatic heterocycles. The average molecular weight is 358 g/mol. The van der Waals surface area contributed by atoms with Crippen molar-refractivity contribution in [3.05, 3.63) is 70.7 Å². The normalized spacial score (nSPS) is 16.4. The summed E-state index contributed by atoms with van der Waals surface area (Å²) in [5.41, 5.74) is 7.08. The third-order valence-electron chi connectivity index (χ3n) is 4.42. The van der Waals surface area contributed by atoms with Crippen molar-refractivity contribution in [2.45, 2.75) is 6.04 Å². The molecule has 1 fully saturated rings. The van der Waals surface area contributed by atoms with Crippen LogP contribution in [0.4, 0.5) is 0 Å². The molecule has 2 amide bonds. The maximum absolute atomic E-state index is 12.6. The highest BCUT2D eigenvalue weighted by Gasteiger charge is 2.30. The van der Waals surface area contributed by atoms with Gasteiger partial charge in [-0.2, -0.15) is 0 Å². The molecule has 0 aliphatic carbocycles. The summed E-state index contributed by atoms with van der Waals surface area (Å²) >= 11 is 5.96. The van der Waals surface area contributed by atoms with E-state index >= 15 is 0 Å². The molecule has 0 bridgehead atoms. The molecule has 0 spiro atoms. The number of nitrogens with two attached hydrogens (primary N) is 1. The molecular formula is C19H20ClN3O2. The Morgan fingerprint density at radius 2 is 1.64 bits per heavy atom. The molecule has 0 aromatic heterocycles. The van der Waals surface area contributed by atoms with Crippen LogP contribution in [0.2, 0.25) is 5.02 Å². The van der Waals surface area contributed by atoms with E-state index in [-0.39, 0.29) is 11.8 Å². The van der Waals surface area contributed by atoms with Crippen molar-refractivity contribution in [3.8, 4) is 0 Å². The van der Waals surface area contributed by atoms with E-state index in [0.29, 0.717) is 36.8 Å². The average Bonchev–Trinajstić information content (AvgIpc) is 2.62. The first-order valence-electron chi connectivity index (χ1n) is 8.19. The highest BCUT2D eigenvalue weighted by atomic mass is 35.5. The first kappa shape index (κ1) is 17.5. The summed E-state index contributed by atoms with van der Waals surface area (Å²) in [6.45, 7) is 2.27. The number of carbonyl (C=O) groups is 2. The fraction of sp³-hybridized carbons (Fsp3) is 0.263. The molecule has 130 valence electrons. The Balaban J connectivity index is 1.68. The van der Waals surface area contributed by atoms with Crippen molar-refractivity contribution < 1.29 is 9.59 Å². The number of carbonyl (C=O) groups excluding carboxylic acids is 2. The van der Waals surface area contributed by atoms with Gasteiger partial charge in [0.05, 0.1) is 0 Å². The fourth-order valence-electron chi connectivity index (χ4n) is 3.18. The van der Waals surface area contributed by atoms with E-state index in [4.69, 9.17) is 17.3 Å². The largest absolute Gasteiger partial charge is 0.368 e. The third-order valence-corrected chi connectivity index (χ3v) is 4.66. The molecule has 1 saturated heterocycles. The second kappa shape index (κ2) is 7.68. The minimum absolute atomic E-state index is 0.0440. The van der Waals surface area contributed by atoms with E-state index in [1.54, 1.807) is 29.2 Å². The van der Waals surface area contributed by atoms with Crippen molar-refractivity contribution in [2.75, 3.05) is 26.2 Å². The molecule has 1 aliphatic rings. The zero-order valence-electron chi connectivity index (χ0n) is 13.8. The van der Waals surface area contributed by atoms with Crippen LogP contribution in [-0.2, 0) is 4.79 Å². The monoisotopic (exact) mass is 357 g/mol. The quantitative estimate of drug-likeness (QED) is 0.913. The standard InChI is InChI=1S/C19H20ClN3O2/c20-16-8-4-7-15(13-16)19(25)23-11-9-22(10-12-23)17(18(21)24)14-5-2-1-3-6-14/h1-8,13,17H,9-12H2,(H2,21,24). The lowest BCUT2D eigenvalue weighted by atomic mass is 10.0. The molecular weight excluding hydrogens is 338 g/mol. The third kappa shape index (κ3) is 4.00. The Kier molecular flexibility index (Phi) is 5.36. The number of primary amides is 1. The molecule has 1 atom stereocenters. The predicted octanol–water partition coefficient (Wildman–Crippen LogP) is 2.32. The number of piperazine rings is 1. The van der Waals surface area contributed by atoms with Crippen LogP contribution in [0.3, 0.4) is 0 Å². The first-order chi connectivity index (χ1) is 12.1. The highest BCUT2D eigenvalue weighted by Crippen LogP contribution is 2.22. The van der Waals surface area contributed by atoms with Gasteiger partial charge in [0.25, 0.3) is 5.91 Å². The molecule has 2 N–H and O–H groups in total. The van der Waals surface area contributed by atoms with Gasteiger partial charge in [0.1, 0.15) is 6.04 Å². The van der Waals surface area contributed by atoms with Gasteiger partial charge < -0.3 is 10.6 Å². The second-order valence-corrected chi connectivity index (χ2v) is 6.49. The van der Waals surface area contributed by atoms with E-state index in [0.717, 1.165) is 5.56 Å². The summed E-state index contributed by atoms with van der Waals surface area (Å²) < 4.78 is 0. The lowest BCUT2D eigenvalue weighted by molar-refractivity contribution is -0.124. The number of nitrogens with zero attached hydrogens (tertiary/aromatic N) is 2. The summed E-state index contributed by atoms with van der Waals surface area (Å²) in [6, 6.07) is 16.0. The number of benzene rings is 2. The van der Waals surface area contributed by atoms with Crippen LogP contribution >= 0.6 is 11.6 Å². The van der Waals surface area contributed by atoms with Crippen LogP contribution in [0.15, 0.2) is 54.6 Å². The van der Waals surface area contributed by atoms with E-state index in [9.17, 15) is 9.59 Å². The van der Waals surface area contributed by atoms with Crippen molar-refractivity contribution in [1.82, 2.24) is 9.80 Å². The van der Waals surface area contributed by atoms with Gasteiger partial charge >= 0.3 is 0 Å². The molecule has 25 heavy (non-hydrogen) atoms. The summed E-state index contributed by atoms with van der Waals surface area (Å²) in [5, 5.41) is 0.544. The topological polar surface area (TPSA) is 66.6 Å². The summed E-state index contributed by atoms with van der Waals surface area (Å²) in [5.74, 6) is -0.418. The van der Waals surface area contributed by atoms with Crippen molar-refractivity contribution in [3.63, 3.8) is 0 Å². The molecule has 6 heteroatoms. The minimum Gasteiger partial charge on any atom is -0.368 e. The van der Waals surface area contributed by atoms with E-state index < -0.39 is 6.04 Å². The Bertz CT molecular complexity index is 758. The van der Waals surface area contributed by atoms with Crippen molar-refractivity contribution in [2.24, 2.45) is 5.73 Å². The fourth-order valence-corrected chi connectivity index (χ4v) is 3.37. The zero-order chi connectivity index (χ0) is 17.8. The lowest BCUT2D eigenvalue weighted by Gasteiger charge is -2.38. The maximum Gasteiger partial charge on any atom is 0.253 e. The number of hydrogen-bond acceptors (Lipinski definition) is 3. The second-order valence-electron chi connectivity index (χ2n) is 6.05. The van der Waals surface area contributed by atoms with E-state index in [1.165, 1.54) is 0 Å². The number of amides is 2. The van der Waals surface area contributed by atoms with Crippen LogP contribution in [-0.4, -0.2) is 47.8 Å². The molecule has 1 unspecified atom stereocenters. The Morgan fingerprint density at radius 3 is 2.24 bits per heavy atom. The smallest absolute Gasteiger partial charge is 0.253 e. The van der Waals surface area contributed by atoms with Crippen LogP contribution in [0, 0.1) is 0 Å². The first-order valence-corrected chi connectivity index (χ1v) is 8.57. The molecule has 3 rings (SSSR count). The SMILES string of the molecule is NC(=O)C(c1ccccc1)N1CCN(C(=O)c2cccc(Cl)c2)CC1. The van der Waals surface area contributed by atoms with Crippen molar-refractivity contribution in [1.29, 1.82) is 0 Å². The summed E-state index contributed by atoms with van der Waals surface area (Å²) in [6.07, 6.45) is 0. The van der Waals surface area contributed by atoms with E-state index in [2.05, 4.69) is 0 Å². The molecule has 0 radical (unpaired) electrons. The van der Waals surface area contributed by atoms with Gasteiger partial charge in [-0.1, -0.05) is 48.0 Å². The van der Waals surface area contributed by atoms with Crippen LogP contribution in [0.25, 0.3) is 0 Å².